The average molecular weight is 254 g/mol. The molecule has 2 aliphatic rings. The van der Waals surface area contributed by atoms with Crippen LogP contribution in [0.2, 0.25) is 0 Å². The third-order valence-electron chi connectivity index (χ3n) is 3.82. The maximum atomic E-state index is 12.2. The predicted octanol–water partition coefficient (Wildman–Crippen LogP) is 2.48. The minimum atomic E-state index is -0.402. The molecular formula is C14H26N2O2. The van der Waals surface area contributed by atoms with E-state index in [4.69, 9.17) is 4.74 Å². The lowest BCUT2D eigenvalue weighted by Gasteiger charge is -2.47. The summed E-state index contributed by atoms with van der Waals surface area (Å²) >= 11 is 0. The fourth-order valence-electron chi connectivity index (χ4n) is 2.93. The maximum Gasteiger partial charge on any atom is 0.410 e. The van der Waals surface area contributed by atoms with Crippen molar-refractivity contribution in [3.05, 3.63) is 0 Å². The molecular weight excluding hydrogens is 228 g/mol. The largest absolute Gasteiger partial charge is 0.444 e. The topological polar surface area (TPSA) is 32.8 Å². The molecule has 2 unspecified atom stereocenters. The Bertz CT molecular complexity index is 311. The molecule has 104 valence electrons. The quantitative estimate of drug-likeness (QED) is 0.666. The molecule has 4 heteroatoms. The van der Waals surface area contributed by atoms with Gasteiger partial charge in [-0.15, -0.1) is 0 Å². The molecule has 2 rings (SSSR count). The Hall–Kier alpha value is -0.770. The first-order valence-electron chi connectivity index (χ1n) is 7.10. The van der Waals surface area contributed by atoms with Crippen molar-refractivity contribution < 1.29 is 9.53 Å². The molecule has 2 atom stereocenters. The predicted molar refractivity (Wildman–Crippen MR) is 71.6 cm³/mol. The van der Waals surface area contributed by atoms with Crippen LogP contribution in [-0.2, 0) is 4.74 Å². The maximum absolute atomic E-state index is 12.2. The molecule has 0 aromatic carbocycles. The van der Waals surface area contributed by atoms with Crippen LogP contribution >= 0.6 is 0 Å². The Morgan fingerprint density at radius 1 is 1.22 bits per heavy atom. The third-order valence-corrected chi connectivity index (χ3v) is 3.82. The summed E-state index contributed by atoms with van der Waals surface area (Å²) in [4.78, 5) is 16.6. The number of rotatable bonds is 0. The zero-order chi connectivity index (χ0) is 13.3. The first-order chi connectivity index (χ1) is 8.37. The van der Waals surface area contributed by atoms with E-state index in [9.17, 15) is 4.79 Å². The van der Waals surface area contributed by atoms with Gasteiger partial charge in [-0.05, 0) is 47.1 Å². The summed E-state index contributed by atoms with van der Waals surface area (Å²) in [5, 5.41) is 0. The van der Waals surface area contributed by atoms with Crippen LogP contribution in [-0.4, -0.2) is 53.2 Å². The van der Waals surface area contributed by atoms with Gasteiger partial charge < -0.3 is 9.64 Å². The van der Waals surface area contributed by atoms with Gasteiger partial charge in [0, 0.05) is 25.2 Å². The number of amides is 1. The molecule has 0 bridgehead atoms. The van der Waals surface area contributed by atoms with Gasteiger partial charge in [0.25, 0.3) is 0 Å². The highest BCUT2D eigenvalue weighted by Gasteiger charge is 2.36. The third kappa shape index (κ3) is 3.16. The fraction of sp³-hybridized carbons (Fsp3) is 0.929. The molecule has 0 spiro atoms. The zero-order valence-corrected chi connectivity index (χ0v) is 12.1. The summed E-state index contributed by atoms with van der Waals surface area (Å²) in [6, 6.07) is 0.802. The Morgan fingerprint density at radius 2 is 1.94 bits per heavy atom. The molecule has 2 heterocycles. The van der Waals surface area contributed by atoms with Crippen molar-refractivity contribution in [3.8, 4) is 0 Å². The van der Waals surface area contributed by atoms with Crippen LogP contribution < -0.4 is 0 Å². The first-order valence-corrected chi connectivity index (χ1v) is 7.10. The molecule has 1 amide bonds. The average Bonchev–Trinajstić information content (AvgIpc) is 2.25. The molecule has 0 saturated carbocycles. The van der Waals surface area contributed by atoms with E-state index in [-0.39, 0.29) is 12.1 Å². The van der Waals surface area contributed by atoms with Crippen LogP contribution in [0.15, 0.2) is 0 Å². The highest BCUT2D eigenvalue weighted by molar-refractivity contribution is 5.68. The van der Waals surface area contributed by atoms with Gasteiger partial charge in [0.1, 0.15) is 5.60 Å². The van der Waals surface area contributed by atoms with Crippen LogP contribution in [0.25, 0.3) is 0 Å². The summed E-state index contributed by atoms with van der Waals surface area (Å²) in [5.74, 6) is 0. The molecule has 4 nitrogen and oxygen atoms in total. The molecule has 0 aliphatic carbocycles. The number of ether oxygens (including phenoxy) is 1. The second-order valence-corrected chi connectivity index (χ2v) is 6.63. The number of piperazine rings is 1. The van der Waals surface area contributed by atoms with Crippen molar-refractivity contribution in [2.75, 3.05) is 19.6 Å². The molecule has 2 saturated heterocycles. The lowest BCUT2D eigenvalue weighted by atomic mass is 9.97. The van der Waals surface area contributed by atoms with Gasteiger partial charge in [-0.1, -0.05) is 6.42 Å². The van der Waals surface area contributed by atoms with Gasteiger partial charge in [-0.25, -0.2) is 4.79 Å². The fourth-order valence-corrected chi connectivity index (χ4v) is 2.93. The summed E-state index contributed by atoms with van der Waals surface area (Å²) < 4.78 is 5.50. The number of carbonyl (C=O) groups is 1. The summed E-state index contributed by atoms with van der Waals surface area (Å²) in [7, 11) is 0. The molecule has 0 radical (unpaired) electrons. The van der Waals surface area contributed by atoms with Crippen LogP contribution in [0.1, 0.15) is 47.0 Å². The van der Waals surface area contributed by atoms with Crippen LogP contribution in [0.4, 0.5) is 4.79 Å². The first kappa shape index (κ1) is 13.7. The second-order valence-electron chi connectivity index (χ2n) is 6.63. The van der Waals surface area contributed by atoms with Crippen molar-refractivity contribution in [2.45, 2.75) is 64.6 Å². The van der Waals surface area contributed by atoms with Gasteiger partial charge in [0.2, 0.25) is 0 Å². The Labute approximate surface area is 110 Å². The smallest absolute Gasteiger partial charge is 0.410 e. The van der Waals surface area contributed by atoms with Crippen molar-refractivity contribution in [1.29, 1.82) is 0 Å². The second kappa shape index (κ2) is 5.08. The van der Waals surface area contributed by atoms with E-state index in [1.807, 2.05) is 25.7 Å². The van der Waals surface area contributed by atoms with Gasteiger partial charge >= 0.3 is 6.09 Å². The molecule has 2 fully saturated rings. The number of fused-ring (bicyclic) bond motifs is 1. The zero-order valence-electron chi connectivity index (χ0n) is 12.1. The molecule has 2 aliphatic heterocycles. The number of piperidine rings is 1. The number of hydrogen-bond acceptors (Lipinski definition) is 3. The van der Waals surface area contributed by atoms with E-state index >= 15 is 0 Å². The lowest BCUT2D eigenvalue weighted by molar-refractivity contribution is -0.0198. The highest BCUT2D eigenvalue weighted by Crippen LogP contribution is 2.25. The molecule has 0 aromatic heterocycles. The van der Waals surface area contributed by atoms with Gasteiger partial charge in [-0.2, -0.15) is 0 Å². The normalized spacial score (nSPS) is 29.9. The number of hydrogen-bond donors (Lipinski definition) is 0. The highest BCUT2D eigenvalue weighted by atomic mass is 16.6. The van der Waals surface area contributed by atoms with E-state index in [2.05, 4.69) is 11.8 Å². The van der Waals surface area contributed by atoms with Crippen LogP contribution in [0.3, 0.4) is 0 Å². The molecule has 0 N–H and O–H groups in total. The van der Waals surface area contributed by atoms with Crippen LogP contribution in [0, 0.1) is 0 Å². The van der Waals surface area contributed by atoms with Crippen molar-refractivity contribution in [3.63, 3.8) is 0 Å². The summed E-state index contributed by atoms with van der Waals surface area (Å²) in [5.41, 5.74) is -0.402. The van der Waals surface area contributed by atoms with Gasteiger partial charge in [0.15, 0.2) is 0 Å². The van der Waals surface area contributed by atoms with Gasteiger partial charge in [-0.3, -0.25) is 4.90 Å². The van der Waals surface area contributed by atoms with Crippen molar-refractivity contribution >= 4 is 6.09 Å². The number of nitrogens with zero attached hydrogens (tertiary/aromatic N) is 2. The van der Waals surface area contributed by atoms with Crippen molar-refractivity contribution in [1.82, 2.24) is 9.80 Å². The van der Waals surface area contributed by atoms with E-state index < -0.39 is 5.60 Å². The molecule has 18 heavy (non-hydrogen) atoms. The van der Waals surface area contributed by atoms with E-state index in [1.54, 1.807) is 0 Å². The standard InChI is InChI=1S/C14H26N2O2/c1-11-9-15-8-6-5-7-12(15)10-16(11)13(17)18-14(2,3)4/h11-12H,5-10H2,1-4H3. The van der Waals surface area contributed by atoms with Crippen molar-refractivity contribution in [2.24, 2.45) is 0 Å². The monoisotopic (exact) mass is 254 g/mol. The summed E-state index contributed by atoms with van der Waals surface area (Å²) in [6.07, 6.45) is 3.65. The lowest BCUT2D eigenvalue weighted by Crippen LogP contribution is -2.60. The molecule has 0 aromatic rings. The van der Waals surface area contributed by atoms with E-state index in [0.29, 0.717) is 6.04 Å². The van der Waals surface area contributed by atoms with E-state index in [1.165, 1.54) is 25.8 Å². The Kier molecular flexibility index (Phi) is 3.85. The van der Waals surface area contributed by atoms with Gasteiger partial charge in [0.05, 0.1) is 0 Å². The Balaban J connectivity index is 1.98. The SMILES string of the molecule is CC1CN2CCCCC2CN1C(=O)OC(C)(C)C. The van der Waals surface area contributed by atoms with E-state index in [0.717, 1.165) is 13.1 Å². The minimum Gasteiger partial charge on any atom is -0.444 e. The minimum absolute atomic E-state index is 0.153. The number of carbonyl (C=O) groups excluding carboxylic acids is 1. The Morgan fingerprint density at radius 3 is 2.61 bits per heavy atom. The summed E-state index contributed by atoms with van der Waals surface area (Å²) in [6.45, 7) is 10.9. The van der Waals surface area contributed by atoms with Crippen LogP contribution in [0.5, 0.6) is 0 Å².